The summed E-state index contributed by atoms with van der Waals surface area (Å²) in [6.07, 6.45) is 4.68. The van der Waals surface area contributed by atoms with E-state index in [1.54, 1.807) is 31.4 Å². The Morgan fingerprint density at radius 3 is 2.25 bits per heavy atom. The van der Waals surface area contributed by atoms with E-state index < -0.39 is 11.5 Å². The van der Waals surface area contributed by atoms with Gasteiger partial charge in [-0.25, -0.2) is 0 Å². The predicted octanol–water partition coefficient (Wildman–Crippen LogP) is 3.86. The third-order valence-corrected chi connectivity index (χ3v) is 7.74. The second-order valence-electron chi connectivity index (χ2n) is 9.90. The van der Waals surface area contributed by atoms with E-state index in [-0.39, 0.29) is 24.2 Å². The molecule has 2 aliphatic heterocycles. The van der Waals surface area contributed by atoms with Crippen LogP contribution in [0.5, 0.6) is 5.75 Å². The van der Waals surface area contributed by atoms with Crippen LogP contribution in [-0.2, 0) is 14.3 Å². The number of esters is 1. The van der Waals surface area contributed by atoms with Crippen molar-refractivity contribution in [3.63, 3.8) is 0 Å². The van der Waals surface area contributed by atoms with Crippen LogP contribution in [0, 0.1) is 5.92 Å². The van der Waals surface area contributed by atoms with Gasteiger partial charge >= 0.3 is 5.97 Å². The molecule has 2 aromatic carbocycles. The van der Waals surface area contributed by atoms with Crippen molar-refractivity contribution in [2.24, 2.45) is 5.92 Å². The zero-order valence-corrected chi connectivity index (χ0v) is 20.7. The number of amides is 2. The lowest BCUT2D eigenvalue weighted by Gasteiger charge is -2.36. The maximum absolute atomic E-state index is 13.1. The number of ether oxygens (including phenoxy) is 2. The minimum absolute atomic E-state index is 0.0156. The Hall–Kier alpha value is -3.55. The van der Waals surface area contributed by atoms with Crippen LogP contribution < -0.4 is 15.0 Å². The molecule has 2 aromatic rings. The minimum atomic E-state index is -0.650. The normalized spacial score (nSPS) is 21.2. The SMILES string of the molecule is COc1ccc(N2CCN(C(=O)c3ccc(NC(=O)C4CC(=O)OC45CCCCC5)cc3)CC2)cc1. The predicted molar refractivity (Wildman–Crippen MR) is 136 cm³/mol. The van der Waals surface area contributed by atoms with Gasteiger partial charge in [-0.05, 0) is 74.2 Å². The Kier molecular flexibility index (Phi) is 6.85. The van der Waals surface area contributed by atoms with Crippen LogP contribution in [0.3, 0.4) is 0 Å². The van der Waals surface area contributed by atoms with Gasteiger partial charge in [0.05, 0.1) is 19.4 Å². The summed E-state index contributed by atoms with van der Waals surface area (Å²) >= 11 is 0. The Balaban J connectivity index is 1.16. The molecule has 1 spiro atoms. The minimum Gasteiger partial charge on any atom is -0.497 e. The molecule has 1 N–H and O–H groups in total. The van der Waals surface area contributed by atoms with Crippen LogP contribution in [0.1, 0.15) is 48.9 Å². The molecule has 1 aliphatic carbocycles. The van der Waals surface area contributed by atoms with Crippen molar-refractivity contribution >= 4 is 29.2 Å². The van der Waals surface area contributed by atoms with Crippen LogP contribution in [0.15, 0.2) is 48.5 Å². The van der Waals surface area contributed by atoms with Gasteiger partial charge in [0.2, 0.25) is 5.91 Å². The highest BCUT2D eigenvalue weighted by molar-refractivity contribution is 5.98. The van der Waals surface area contributed by atoms with Gasteiger partial charge in [-0.15, -0.1) is 0 Å². The highest BCUT2D eigenvalue weighted by atomic mass is 16.6. The first kappa shape index (κ1) is 24.2. The summed E-state index contributed by atoms with van der Waals surface area (Å²) in [5.41, 5.74) is 1.68. The molecule has 36 heavy (non-hydrogen) atoms. The molecule has 3 fully saturated rings. The molecule has 2 amide bonds. The number of anilines is 2. The van der Waals surface area contributed by atoms with E-state index in [2.05, 4.69) is 10.2 Å². The summed E-state index contributed by atoms with van der Waals surface area (Å²) in [7, 11) is 1.65. The van der Waals surface area contributed by atoms with Gasteiger partial charge in [0.15, 0.2) is 0 Å². The Labute approximate surface area is 211 Å². The average molecular weight is 492 g/mol. The third-order valence-electron chi connectivity index (χ3n) is 7.74. The fraction of sp³-hybridized carbons (Fsp3) is 0.464. The smallest absolute Gasteiger partial charge is 0.307 e. The fourth-order valence-electron chi connectivity index (χ4n) is 5.69. The van der Waals surface area contributed by atoms with E-state index >= 15 is 0 Å². The maximum atomic E-state index is 13.1. The van der Waals surface area contributed by atoms with Crippen LogP contribution in [0.2, 0.25) is 0 Å². The van der Waals surface area contributed by atoms with Gasteiger partial charge in [0.1, 0.15) is 11.4 Å². The number of rotatable bonds is 5. The van der Waals surface area contributed by atoms with Crippen molar-refractivity contribution < 1.29 is 23.9 Å². The molecule has 8 heteroatoms. The molecule has 2 heterocycles. The summed E-state index contributed by atoms with van der Waals surface area (Å²) in [5.74, 6) is -0.126. The Morgan fingerprint density at radius 2 is 1.61 bits per heavy atom. The van der Waals surface area contributed by atoms with Crippen molar-refractivity contribution in [2.75, 3.05) is 43.5 Å². The number of methoxy groups -OCH3 is 1. The maximum Gasteiger partial charge on any atom is 0.307 e. The van der Waals surface area contributed by atoms with Gasteiger partial charge in [-0.1, -0.05) is 6.42 Å². The van der Waals surface area contributed by atoms with Crippen LogP contribution in [0.25, 0.3) is 0 Å². The largest absolute Gasteiger partial charge is 0.497 e. The molecular formula is C28H33N3O5. The van der Waals surface area contributed by atoms with Gasteiger partial charge in [-0.3, -0.25) is 14.4 Å². The number of hydrogen-bond acceptors (Lipinski definition) is 6. The lowest BCUT2D eigenvalue weighted by molar-refractivity contribution is -0.153. The van der Waals surface area contributed by atoms with Gasteiger partial charge < -0.3 is 24.6 Å². The van der Waals surface area contributed by atoms with Crippen molar-refractivity contribution in [1.82, 2.24) is 4.90 Å². The molecular weight excluding hydrogens is 458 g/mol. The standard InChI is InChI=1S/C28H33N3O5/c1-35-23-11-9-22(10-12-23)30-15-17-31(18-16-30)27(34)20-5-7-21(8-6-20)29-26(33)24-19-25(32)36-28(24)13-3-2-4-14-28/h5-12,24H,2-4,13-19H2,1H3,(H,29,33). The van der Waals surface area contributed by atoms with E-state index in [9.17, 15) is 14.4 Å². The van der Waals surface area contributed by atoms with Crippen LogP contribution >= 0.6 is 0 Å². The highest BCUT2D eigenvalue weighted by Gasteiger charge is 2.52. The molecule has 1 saturated carbocycles. The van der Waals surface area contributed by atoms with Crippen molar-refractivity contribution in [3.8, 4) is 5.75 Å². The number of nitrogens with one attached hydrogen (secondary N) is 1. The van der Waals surface area contributed by atoms with Crippen molar-refractivity contribution in [2.45, 2.75) is 44.1 Å². The molecule has 8 nitrogen and oxygen atoms in total. The van der Waals surface area contributed by atoms with Crippen molar-refractivity contribution in [3.05, 3.63) is 54.1 Å². The summed E-state index contributed by atoms with van der Waals surface area (Å²) in [6.45, 7) is 2.80. The number of carbonyl (C=O) groups excluding carboxylic acids is 3. The Bertz CT molecular complexity index is 1100. The van der Waals surface area contributed by atoms with E-state index in [0.717, 1.165) is 56.6 Å². The third kappa shape index (κ3) is 4.90. The molecule has 0 aromatic heterocycles. The van der Waals surface area contributed by atoms with Gasteiger partial charge in [-0.2, -0.15) is 0 Å². The second kappa shape index (κ2) is 10.2. The average Bonchev–Trinajstić information content (AvgIpc) is 3.24. The number of piperazine rings is 1. The first-order valence-corrected chi connectivity index (χ1v) is 12.8. The first-order chi connectivity index (χ1) is 17.5. The second-order valence-corrected chi connectivity index (χ2v) is 9.90. The lowest BCUT2D eigenvalue weighted by Crippen LogP contribution is -2.48. The summed E-state index contributed by atoms with van der Waals surface area (Å²) in [4.78, 5) is 42.3. The molecule has 3 aliphatic rings. The van der Waals surface area contributed by atoms with E-state index in [1.165, 1.54) is 0 Å². The fourth-order valence-corrected chi connectivity index (χ4v) is 5.69. The number of carbonyl (C=O) groups is 3. The molecule has 2 saturated heterocycles. The molecule has 190 valence electrons. The number of hydrogen-bond donors (Lipinski definition) is 1. The number of nitrogens with zero attached hydrogens (tertiary/aromatic N) is 2. The molecule has 0 bridgehead atoms. The zero-order valence-electron chi connectivity index (χ0n) is 20.7. The van der Waals surface area contributed by atoms with Crippen molar-refractivity contribution in [1.29, 1.82) is 0 Å². The van der Waals surface area contributed by atoms with Gasteiger partial charge in [0.25, 0.3) is 5.91 Å². The van der Waals surface area contributed by atoms with Gasteiger partial charge in [0, 0.05) is 43.1 Å². The van der Waals surface area contributed by atoms with Crippen LogP contribution in [-0.4, -0.2) is 61.6 Å². The molecule has 1 atom stereocenters. The monoisotopic (exact) mass is 491 g/mol. The Morgan fingerprint density at radius 1 is 0.944 bits per heavy atom. The molecule has 5 rings (SSSR count). The zero-order chi connectivity index (χ0) is 25.1. The first-order valence-electron chi connectivity index (χ1n) is 12.8. The molecule has 1 unspecified atom stereocenters. The highest BCUT2D eigenvalue weighted by Crippen LogP contribution is 2.44. The van der Waals surface area contributed by atoms with Crippen LogP contribution in [0.4, 0.5) is 11.4 Å². The number of benzene rings is 2. The summed E-state index contributed by atoms with van der Waals surface area (Å²) < 4.78 is 10.9. The topological polar surface area (TPSA) is 88.2 Å². The van der Waals surface area contributed by atoms with E-state index in [1.807, 2.05) is 29.2 Å². The summed E-state index contributed by atoms with van der Waals surface area (Å²) in [6, 6.07) is 15.0. The van der Waals surface area contributed by atoms with E-state index in [0.29, 0.717) is 24.3 Å². The molecule has 0 radical (unpaired) electrons. The quantitative estimate of drug-likeness (QED) is 0.639. The summed E-state index contributed by atoms with van der Waals surface area (Å²) in [5, 5.41) is 2.94. The lowest BCUT2D eigenvalue weighted by atomic mass is 9.75. The van der Waals surface area contributed by atoms with E-state index in [4.69, 9.17) is 9.47 Å².